The van der Waals surface area contributed by atoms with Crippen LogP contribution in [0.25, 0.3) is 0 Å². The van der Waals surface area contributed by atoms with Gasteiger partial charge in [-0.05, 0) is 68.1 Å². The van der Waals surface area contributed by atoms with Crippen LogP contribution < -0.4 is 5.32 Å². The summed E-state index contributed by atoms with van der Waals surface area (Å²) in [6, 6.07) is 8.95. The van der Waals surface area contributed by atoms with Gasteiger partial charge in [0.2, 0.25) is 0 Å². The summed E-state index contributed by atoms with van der Waals surface area (Å²) in [4.78, 5) is 1.29. The first-order valence-electron chi connectivity index (χ1n) is 7.09. The third kappa shape index (κ3) is 3.43. The average molecular weight is 308 g/mol. The van der Waals surface area contributed by atoms with Gasteiger partial charge >= 0.3 is 0 Å². The molecule has 1 aromatic heterocycles. The molecule has 0 bridgehead atoms. The van der Waals surface area contributed by atoms with E-state index in [1.165, 1.54) is 27.1 Å². The molecule has 1 atom stereocenters. The fourth-order valence-corrected chi connectivity index (χ4v) is 3.59. The van der Waals surface area contributed by atoms with E-state index in [1.807, 2.05) is 6.07 Å². The van der Waals surface area contributed by atoms with Gasteiger partial charge in [-0.1, -0.05) is 30.7 Å². The van der Waals surface area contributed by atoms with Crippen molar-refractivity contribution in [3.8, 4) is 0 Å². The number of halogens is 1. The minimum absolute atomic E-state index is 0.242. The lowest BCUT2D eigenvalue weighted by Crippen LogP contribution is -2.23. The van der Waals surface area contributed by atoms with Gasteiger partial charge in [0.15, 0.2) is 0 Å². The minimum atomic E-state index is 0.242. The van der Waals surface area contributed by atoms with Crippen LogP contribution in [0.2, 0.25) is 4.34 Å². The maximum Gasteiger partial charge on any atom is 0.0931 e. The van der Waals surface area contributed by atoms with Crippen molar-refractivity contribution in [3.63, 3.8) is 0 Å². The van der Waals surface area contributed by atoms with E-state index in [-0.39, 0.29) is 6.04 Å². The third-order valence-electron chi connectivity index (χ3n) is 3.67. The zero-order chi connectivity index (χ0) is 14.7. The molecule has 0 spiro atoms. The molecule has 0 radical (unpaired) electrons. The van der Waals surface area contributed by atoms with Gasteiger partial charge < -0.3 is 5.32 Å². The average Bonchev–Trinajstić information content (AvgIpc) is 2.82. The smallest absolute Gasteiger partial charge is 0.0931 e. The van der Waals surface area contributed by atoms with Crippen LogP contribution in [0.15, 0.2) is 24.3 Å². The lowest BCUT2D eigenvalue weighted by atomic mass is 9.95. The molecule has 2 aromatic rings. The van der Waals surface area contributed by atoms with E-state index in [4.69, 9.17) is 11.6 Å². The zero-order valence-corrected chi connectivity index (χ0v) is 14.2. The fourth-order valence-electron chi connectivity index (χ4n) is 2.43. The van der Waals surface area contributed by atoms with Gasteiger partial charge in [-0.2, -0.15) is 0 Å². The molecule has 1 nitrogen and oxygen atoms in total. The van der Waals surface area contributed by atoms with E-state index in [2.05, 4.69) is 51.2 Å². The van der Waals surface area contributed by atoms with Gasteiger partial charge in [-0.25, -0.2) is 0 Å². The molecule has 1 unspecified atom stereocenters. The number of nitrogens with one attached hydrogen (secondary N) is 1. The van der Waals surface area contributed by atoms with Crippen molar-refractivity contribution >= 4 is 22.9 Å². The van der Waals surface area contributed by atoms with Crippen molar-refractivity contribution in [2.45, 2.75) is 40.2 Å². The number of hydrogen-bond donors (Lipinski definition) is 1. The lowest BCUT2D eigenvalue weighted by molar-refractivity contribution is 0.603. The second kappa shape index (κ2) is 6.75. The molecular weight excluding hydrogens is 286 g/mol. The Bertz CT molecular complexity index is 589. The molecule has 1 aromatic carbocycles. The van der Waals surface area contributed by atoms with E-state index >= 15 is 0 Å². The number of aryl methyl sites for hydroxylation is 3. The van der Waals surface area contributed by atoms with Gasteiger partial charge in [0.1, 0.15) is 0 Å². The second-order valence-electron chi connectivity index (χ2n) is 5.32. The van der Waals surface area contributed by atoms with Gasteiger partial charge in [0.25, 0.3) is 0 Å². The van der Waals surface area contributed by atoms with Crippen molar-refractivity contribution in [1.29, 1.82) is 0 Å². The fraction of sp³-hybridized carbons (Fsp3) is 0.412. The summed E-state index contributed by atoms with van der Waals surface area (Å²) in [7, 11) is 0. The predicted octanol–water partition coefficient (Wildman–Crippen LogP) is 5.42. The standard InChI is InChI=1S/C17H22ClNS/c1-5-8-19-17(15-6-7-16(18)20-15)14-10-12(3)11(2)9-13(14)4/h6-7,9-10,17,19H,5,8H2,1-4H3. The second-order valence-corrected chi connectivity index (χ2v) is 7.07. The molecule has 0 fully saturated rings. The molecule has 0 aliphatic heterocycles. The Morgan fingerprint density at radius 3 is 2.40 bits per heavy atom. The normalized spacial score (nSPS) is 12.7. The lowest BCUT2D eigenvalue weighted by Gasteiger charge is -2.21. The summed E-state index contributed by atoms with van der Waals surface area (Å²) >= 11 is 7.78. The van der Waals surface area contributed by atoms with Gasteiger partial charge in [-0.3, -0.25) is 0 Å². The maximum atomic E-state index is 6.11. The third-order valence-corrected chi connectivity index (χ3v) is 4.97. The first-order chi connectivity index (χ1) is 9.52. The highest BCUT2D eigenvalue weighted by molar-refractivity contribution is 7.16. The maximum absolute atomic E-state index is 6.11. The molecule has 2 rings (SSSR count). The molecular formula is C17H22ClNS. The first-order valence-corrected chi connectivity index (χ1v) is 8.28. The summed E-state index contributed by atoms with van der Waals surface area (Å²) in [6.07, 6.45) is 1.12. The number of rotatable bonds is 5. The highest BCUT2D eigenvalue weighted by atomic mass is 35.5. The monoisotopic (exact) mass is 307 g/mol. The van der Waals surface area contributed by atoms with Crippen molar-refractivity contribution < 1.29 is 0 Å². The molecule has 3 heteroatoms. The highest BCUT2D eigenvalue weighted by Crippen LogP contribution is 2.33. The van der Waals surface area contributed by atoms with Crippen molar-refractivity contribution in [3.05, 3.63) is 55.7 Å². The Hall–Kier alpha value is -0.830. The Labute approximate surface area is 131 Å². The Kier molecular flexibility index (Phi) is 5.25. The number of thiophene rings is 1. The van der Waals surface area contributed by atoms with E-state index in [9.17, 15) is 0 Å². The molecule has 0 amide bonds. The van der Waals surface area contributed by atoms with Crippen LogP contribution in [0.3, 0.4) is 0 Å². The quantitative estimate of drug-likeness (QED) is 0.778. The Morgan fingerprint density at radius 1 is 1.10 bits per heavy atom. The van der Waals surface area contributed by atoms with Crippen LogP contribution >= 0.6 is 22.9 Å². The topological polar surface area (TPSA) is 12.0 Å². The molecule has 20 heavy (non-hydrogen) atoms. The molecule has 1 N–H and O–H groups in total. The molecule has 0 aliphatic rings. The summed E-state index contributed by atoms with van der Waals surface area (Å²) in [5.74, 6) is 0. The van der Waals surface area contributed by atoms with Gasteiger partial charge in [0, 0.05) is 4.88 Å². The van der Waals surface area contributed by atoms with Crippen LogP contribution in [-0.2, 0) is 0 Å². The van der Waals surface area contributed by atoms with E-state index in [0.29, 0.717) is 0 Å². The molecule has 108 valence electrons. The Balaban J connectivity index is 2.43. The van der Waals surface area contributed by atoms with Crippen molar-refractivity contribution in [2.75, 3.05) is 6.54 Å². The van der Waals surface area contributed by atoms with Crippen LogP contribution in [0.1, 0.15) is 46.5 Å². The molecule has 0 aliphatic carbocycles. The molecule has 0 saturated heterocycles. The summed E-state index contributed by atoms with van der Waals surface area (Å²) in [5, 5.41) is 3.65. The SMILES string of the molecule is CCCNC(c1ccc(Cl)s1)c1cc(C)c(C)cc1C. The minimum Gasteiger partial charge on any atom is -0.306 e. The van der Waals surface area contributed by atoms with Crippen LogP contribution in [-0.4, -0.2) is 6.54 Å². The molecule has 0 saturated carbocycles. The predicted molar refractivity (Wildman–Crippen MR) is 90.1 cm³/mol. The summed E-state index contributed by atoms with van der Waals surface area (Å²) < 4.78 is 0.852. The van der Waals surface area contributed by atoms with E-state index in [0.717, 1.165) is 17.3 Å². The first kappa shape index (κ1) is 15.6. The van der Waals surface area contributed by atoms with Crippen LogP contribution in [0, 0.1) is 20.8 Å². The molecule has 1 heterocycles. The number of hydrogen-bond acceptors (Lipinski definition) is 2. The van der Waals surface area contributed by atoms with E-state index in [1.54, 1.807) is 11.3 Å². The van der Waals surface area contributed by atoms with Crippen LogP contribution in [0.4, 0.5) is 0 Å². The van der Waals surface area contributed by atoms with Crippen molar-refractivity contribution in [2.24, 2.45) is 0 Å². The van der Waals surface area contributed by atoms with Gasteiger partial charge in [-0.15, -0.1) is 11.3 Å². The highest BCUT2D eigenvalue weighted by Gasteiger charge is 2.18. The summed E-state index contributed by atoms with van der Waals surface area (Å²) in [6.45, 7) is 9.74. The Morgan fingerprint density at radius 2 is 1.80 bits per heavy atom. The van der Waals surface area contributed by atoms with Crippen molar-refractivity contribution in [1.82, 2.24) is 5.32 Å². The largest absolute Gasteiger partial charge is 0.306 e. The van der Waals surface area contributed by atoms with Crippen LogP contribution in [0.5, 0.6) is 0 Å². The summed E-state index contributed by atoms with van der Waals surface area (Å²) in [5.41, 5.74) is 5.40. The van der Waals surface area contributed by atoms with E-state index < -0.39 is 0 Å². The zero-order valence-electron chi connectivity index (χ0n) is 12.6. The number of benzene rings is 1. The van der Waals surface area contributed by atoms with Gasteiger partial charge in [0.05, 0.1) is 10.4 Å².